The van der Waals surface area contributed by atoms with Gasteiger partial charge in [0.1, 0.15) is 0 Å². The fraction of sp³-hybridized carbons (Fsp3) is 0.429. The topological polar surface area (TPSA) is 74.6 Å². The molecular formula is C14H17BrN6O. The molecule has 7 nitrogen and oxygen atoms in total. The molecule has 0 fully saturated rings. The van der Waals surface area contributed by atoms with Crippen molar-refractivity contribution in [2.75, 3.05) is 0 Å². The van der Waals surface area contributed by atoms with E-state index < -0.39 is 0 Å². The van der Waals surface area contributed by atoms with Crippen molar-refractivity contribution >= 4 is 15.9 Å². The summed E-state index contributed by atoms with van der Waals surface area (Å²) in [6.07, 6.45) is 5.02. The van der Waals surface area contributed by atoms with Gasteiger partial charge in [-0.25, -0.2) is 0 Å². The fourth-order valence-corrected chi connectivity index (χ4v) is 2.59. The van der Waals surface area contributed by atoms with E-state index in [1.54, 1.807) is 6.20 Å². The van der Waals surface area contributed by atoms with Gasteiger partial charge in [0.05, 0.1) is 16.4 Å². The van der Waals surface area contributed by atoms with Gasteiger partial charge in [0, 0.05) is 37.8 Å². The Morgan fingerprint density at radius 3 is 2.45 bits per heavy atom. The van der Waals surface area contributed by atoms with Crippen LogP contribution in [0.2, 0.25) is 0 Å². The van der Waals surface area contributed by atoms with Gasteiger partial charge in [-0.05, 0) is 35.8 Å². The highest BCUT2D eigenvalue weighted by molar-refractivity contribution is 9.10. The van der Waals surface area contributed by atoms with Crippen LogP contribution in [0.15, 0.2) is 27.3 Å². The highest BCUT2D eigenvalue weighted by Gasteiger charge is 2.08. The molecule has 0 amide bonds. The molecule has 22 heavy (non-hydrogen) atoms. The first kappa shape index (κ1) is 15.0. The number of aromatic nitrogens is 6. The van der Waals surface area contributed by atoms with Crippen molar-refractivity contribution in [2.24, 2.45) is 0 Å². The number of hydrogen-bond acceptors (Lipinski definition) is 5. The van der Waals surface area contributed by atoms with Gasteiger partial charge >= 0.3 is 0 Å². The van der Waals surface area contributed by atoms with Crippen molar-refractivity contribution in [3.63, 3.8) is 0 Å². The first-order chi connectivity index (χ1) is 10.6. The molecular weight excluding hydrogens is 348 g/mol. The zero-order chi connectivity index (χ0) is 15.5. The minimum atomic E-state index is 0.634. The third-order valence-corrected chi connectivity index (χ3v) is 3.72. The van der Waals surface area contributed by atoms with Crippen molar-refractivity contribution in [1.29, 1.82) is 0 Å². The summed E-state index contributed by atoms with van der Waals surface area (Å²) < 4.78 is 10.4. The van der Waals surface area contributed by atoms with Crippen molar-refractivity contribution < 1.29 is 4.42 Å². The van der Waals surface area contributed by atoms with Gasteiger partial charge in [-0.3, -0.25) is 9.36 Å². The van der Waals surface area contributed by atoms with E-state index in [2.05, 4.69) is 42.4 Å². The van der Waals surface area contributed by atoms with Crippen LogP contribution in [0.1, 0.15) is 23.2 Å². The lowest BCUT2D eigenvalue weighted by Gasteiger charge is -2.01. The Balaban J connectivity index is 1.53. The molecule has 116 valence electrons. The number of rotatable bonds is 6. The van der Waals surface area contributed by atoms with E-state index >= 15 is 0 Å². The Hall–Kier alpha value is -1.96. The molecule has 0 atom stereocenters. The molecule has 3 aromatic heterocycles. The molecule has 0 radical (unpaired) electrons. The van der Waals surface area contributed by atoms with Gasteiger partial charge in [-0.2, -0.15) is 10.2 Å². The molecule has 3 aromatic rings. The van der Waals surface area contributed by atoms with Gasteiger partial charge in [-0.15, -0.1) is 10.2 Å². The molecule has 0 saturated heterocycles. The van der Waals surface area contributed by atoms with E-state index in [1.165, 1.54) is 0 Å². The van der Waals surface area contributed by atoms with E-state index in [0.717, 1.165) is 22.4 Å². The summed E-state index contributed by atoms with van der Waals surface area (Å²) in [6, 6.07) is 2.06. The van der Waals surface area contributed by atoms with Crippen LogP contribution in [0.3, 0.4) is 0 Å². The second kappa shape index (κ2) is 6.43. The third kappa shape index (κ3) is 3.62. The van der Waals surface area contributed by atoms with Gasteiger partial charge in [0.25, 0.3) is 0 Å². The van der Waals surface area contributed by atoms with Crippen molar-refractivity contribution in [3.05, 3.63) is 46.1 Å². The van der Waals surface area contributed by atoms with Crippen LogP contribution in [-0.2, 0) is 25.9 Å². The predicted octanol–water partition coefficient (Wildman–Crippen LogP) is 2.33. The Kier molecular flexibility index (Phi) is 4.37. The largest absolute Gasteiger partial charge is 0.425 e. The molecule has 0 spiro atoms. The quantitative estimate of drug-likeness (QED) is 0.670. The van der Waals surface area contributed by atoms with Crippen molar-refractivity contribution in [3.8, 4) is 0 Å². The lowest BCUT2D eigenvalue weighted by atomic mass is 10.4. The second-order valence-corrected chi connectivity index (χ2v) is 6.08. The van der Waals surface area contributed by atoms with Gasteiger partial charge < -0.3 is 4.42 Å². The second-order valence-electron chi connectivity index (χ2n) is 5.16. The molecule has 0 aliphatic heterocycles. The van der Waals surface area contributed by atoms with Crippen molar-refractivity contribution in [2.45, 2.75) is 39.8 Å². The average molecular weight is 365 g/mol. The smallest absolute Gasteiger partial charge is 0.218 e. The highest BCUT2D eigenvalue weighted by Crippen LogP contribution is 2.09. The number of hydrogen-bond donors (Lipinski definition) is 0. The minimum Gasteiger partial charge on any atom is -0.425 e. The van der Waals surface area contributed by atoms with Crippen LogP contribution in [0, 0.1) is 13.8 Å². The third-order valence-electron chi connectivity index (χ3n) is 3.31. The molecule has 3 rings (SSSR count). The van der Waals surface area contributed by atoms with Crippen LogP contribution in [0.5, 0.6) is 0 Å². The van der Waals surface area contributed by atoms with E-state index in [9.17, 15) is 0 Å². The Labute approximate surface area is 136 Å². The number of nitrogens with zero attached hydrogens (tertiary/aromatic N) is 6. The first-order valence-electron chi connectivity index (χ1n) is 7.10. The van der Waals surface area contributed by atoms with Crippen molar-refractivity contribution in [1.82, 2.24) is 29.8 Å². The van der Waals surface area contributed by atoms with E-state index in [4.69, 9.17) is 4.42 Å². The summed E-state index contributed by atoms with van der Waals surface area (Å²) in [7, 11) is 0. The maximum atomic E-state index is 5.66. The summed E-state index contributed by atoms with van der Waals surface area (Å²) in [5, 5.41) is 16.8. The average Bonchev–Trinajstić information content (AvgIpc) is 3.16. The van der Waals surface area contributed by atoms with E-state index in [-0.39, 0.29) is 0 Å². The number of halogens is 1. The van der Waals surface area contributed by atoms with Crippen LogP contribution in [-0.4, -0.2) is 29.8 Å². The summed E-state index contributed by atoms with van der Waals surface area (Å²) in [5.74, 6) is 1.28. The van der Waals surface area contributed by atoms with Gasteiger partial charge in [-0.1, -0.05) is 0 Å². The highest BCUT2D eigenvalue weighted by atomic mass is 79.9. The fourth-order valence-electron chi connectivity index (χ4n) is 2.26. The molecule has 0 aliphatic carbocycles. The Morgan fingerprint density at radius 1 is 1.14 bits per heavy atom. The van der Waals surface area contributed by atoms with Gasteiger partial charge in [0.2, 0.25) is 11.8 Å². The maximum Gasteiger partial charge on any atom is 0.218 e. The Morgan fingerprint density at radius 2 is 1.86 bits per heavy atom. The molecule has 8 heteroatoms. The number of aryl methyl sites for hydroxylation is 6. The first-order valence-corrected chi connectivity index (χ1v) is 7.90. The van der Waals surface area contributed by atoms with Crippen LogP contribution < -0.4 is 0 Å². The van der Waals surface area contributed by atoms with Crippen LogP contribution >= 0.6 is 15.9 Å². The molecule has 3 heterocycles. The minimum absolute atomic E-state index is 0.634. The molecule has 0 saturated carbocycles. The maximum absolute atomic E-state index is 5.66. The van der Waals surface area contributed by atoms with Crippen LogP contribution in [0.4, 0.5) is 0 Å². The van der Waals surface area contributed by atoms with E-state index in [1.807, 2.05) is 29.4 Å². The Bertz CT molecular complexity index is 759. The lowest BCUT2D eigenvalue weighted by molar-refractivity contribution is 0.418. The monoisotopic (exact) mass is 364 g/mol. The predicted molar refractivity (Wildman–Crippen MR) is 83.3 cm³/mol. The zero-order valence-electron chi connectivity index (χ0n) is 12.5. The summed E-state index contributed by atoms with van der Waals surface area (Å²) in [6.45, 7) is 5.49. The summed E-state index contributed by atoms with van der Waals surface area (Å²) in [4.78, 5) is 0. The summed E-state index contributed by atoms with van der Waals surface area (Å²) >= 11 is 3.37. The molecule has 0 bridgehead atoms. The lowest BCUT2D eigenvalue weighted by Crippen LogP contribution is -2.05. The molecule has 0 N–H and O–H groups in total. The van der Waals surface area contributed by atoms with E-state index in [0.29, 0.717) is 31.2 Å². The van der Waals surface area contributed by atoms with Gasteiger partial charge in [0.15, 0.2) is 0 Å². The molecule has 0 unspecified atom stereocenters. The molecule has 0 aromatic carbocycles. The summed E-state index contributed by atoms with van der Waals surface area (Å²) in [5.41, 5.74) is 2.16. The SMILES string of the molecule is Cc1cc(C)n(CCc2nnc(CCn3cc(Br)cn3)o2)n1. The zero-order valence-corrected chi connectivity index (χ0v) is 14.1. The molecule has 0 aliphatic rings. The normalized spacial score (nSPS) is 11.2. The standard InChI is InChI=1S/C14H17BrN6O/c1-10-7-11(2)21(19-10)6-4-14-18-17-13(22-14)3-5-20-9-12(15)8-16-20/h7-9H,3-6H2,1-2H3. The van der Waals surface area contributed by atoms with Crippen LogP contribution in [0.25, 0.3) is 0 Å².